The van der Waals surface area contributed by atoms with Crippen molar-refractivity contribution in [2.45, 2.75) is 49.5 Å². The summed E-state index contributed by atoms with van der Waals surface area (Å²) in [4.78, 5) is 49.0. The number of nitrogens with one attached hydrogen (secondary N) is 1. The molecule has 32 heavy (non-hydrogen) atoms. The van der Waals surface area contributed by atoms with E-state index in [9.17, 15) is 29.4 Å². The summed E-state index contributed by atoms with van der Waals surface area (Å²) in [6, 6.07) is -0.802. The van der Waals surface area contributed by atoms with Crippen molar-refractivity contribution in [2.75, 3.05) is 18.5 Å². The van der Waals surface area contributed by atoms with Gasteiger partial charge in [0.25, 0.3) is 0 Å². The Labute approximate surface area is 180 Å². The minimum Gasteiger partial charge on any atom is -0.481 e. The maximum atomic E-state index is 12.3. The van der Waals surface area contributed by atoms with Gasteiger partial charge in [-0.2, -0.15) is 4.98 Å². The molecule has 0 aromatic carbocycles. The summed E-state index contributed by atoms with van der Waals surface area (Å²) in [5, 5.41) is 40.5. The number of carboxylic acid groups (broad SMARTS) is 2. The fraction of sp³-hybridized carbons (Fsp3) is 0.588. The van der Waals surface area contributed by atoms with Crippen molar-refractivity contribution >= 4 is 23.7 Å². The molecule has 6 atom stereocenters. The van der Waals surface area contributed by atoms with Gasteiger partial charge in [0, 0.05) is 18.8 Å². The van der Waals surface area contributed by atoms with E-state index < -0.39 is 73.2 Å². The highest BCUT2D eigenvalue weighted by Crippen LogP contribution is 2.28. The van der Waals surface area contributed by atoms with E-state index in [0.29, 0.717) is 0 Å². The maximum absolute atomic E-state index is 12.3. The number of esters is 1. The van der Waals surface area contributed by atoms with Gasteiger partial charge in [0.05, 0.1) is 12.8 Å². The third kappa shape index (κ3) is 6.69. The summed E-state index contributed by atoms with van der Waals surface area (Å²) < 4.78 is 11.2. The molecule has 2 rings (SSSR count). The summed E-state index contributed by atoms with van der Waals surface area (Å²) in [7, 11) is 0. The van der Waals surface area contributed by atoms with Crippen molar-refractivity contribution in [1.29, 1.82) is 0 Å². The van der Waals surface area contributed by atoms with E-state index in [1.54, 1.807) is 0 Å². The zero-order valence-corrected chi connectivity index (χ0v) is 16.7. The van der Waals surface area contributed by atoms with E-state index in [-0.39, 0.29) is 18.8 Å². The fourth-order valence-electron chi connectivity index (χ4n) is 2.83. The number of nitrogens with zero attached hydrogens (tertiary/aromatic N) is 2. The Bertz CT molecular complexity index is 893. The van der Waals surface area contributed by atoms with E-state index in [2.05, 4.69) is 10.3 Å². The van der Waals surface area contributed by atoms with Gasteiger partial charge in [-0.05, 0) is 6.07 Å². The van der Waals surface area contributed by atoms with Crippen LogP contribution in [-0.4, -0.2) is 91.4 Å². The molecule has 0 amide bonds. The van der Waals surface area contributed by atoms with Crippen molar-refractivity contribution in [3.8, 4) is 0 Å². The molecule has 2 heterocycles. The van der Waals surface area contributed by atoms with Crippen LogP contribution in [-0.2, 0) is 23.9 Å². The topological polar surface area (TPSA) is 250 Å². The lowest BCUT2D eigenvalue weighted by molar-refractivity contribution is -0.153. The van der Waals surface area contributed by atoms with E-state index in [4.69, 9.17) is 31.2 Å². The molecule has 9 N–H and O–H groups in total. The first kappa shape index (κ1) is 25.2. The Hall–Kier alpha value is -3.11. The minimum absolute atomic E-state index is 0.0446. The predicted molar refractivity (Wildman–Crippen MR) is 104 cm³/mol. The number of carboxylic acids is 2. The second-order valence-electron chi connectivity index (χ2n) is 7.12. The fourth-order valence-corrected chi connectivity index (χ4v) is 2.83. The van der Waals surface area contributed by atoms with Crippen LogP contribution in [0.3, 0.4) is 0 Å². The number of anilines is 1. The number of aliphatic hydroxyl groups is 2. The Kier molecular flexibility index (Phi) is 8.62. The van der Waals surface area contributed by atoms with Crippen LogP contribution in [0.1, 0.15) is 19.1 Å². The van der Waals surface area contributed by atoms with Gasteiger partial charge >= 0.3 is 23.6 Å². The summed E-state index contributed by atoms with van der Waals surface area (Å²) >= 11 is 0. The lowest BCUT2D eigenvalue weighted by atomic mass is 10.1. The molecule has 15 heteroatoms. The number of ether oxygens (including phenoxy) is 2. The molecule has 1 aromatic heterocycles. The van der Waals surface area contributed by atoms with E-state index >= 15 is 0 Å². The zero-order chi connectivity index (χ0) is 24.0. The molecule has 1 saturated heterocycles. The van der Waals surface area contributed by atoms with Crippen molar-refractivity contribution in [1.82, 2.24) is 9.55 Å². The lowest BCUT2D eigenvalue weighted by Crippen LogP contribution is -2.37. The number of nitrogens with two attached hydrogens (primary N) is 2. The molecule has 1 fully saturated rings. The highest BCUT2D eigenvalue weighted by Gasteiger charge is 2.44. The van der Waals surface area contributed by atoms with E-state index in [1.165, 1.54) is 12.3 Å². The average Bonchev–Trinajstić information content (AvgIpc) is 2.98. The van der Waals surface area contributed by atoms with Crippen LogP contribution in [0.25, 0.3) is 0 Å². The average molecular weight is 459 g/mol. The van der Waals surface area contributed by atoms with Crippen molar-refractivity contribution in [3.05, 3.63) is 22.7 Å². The van der Waals surface area contributed by atoms with Crippen LogP contribution in [0, 0.1) is 0 Å². The van der Waals surface area contributed by atoms with Crippen LogP contribution in [0.5, 0.6) is 0 Å². The third-order valence-corrected chi connectivity index (χ3v) is 4.54. The molecule has 0 radical (unpaired) electrons. The number of carbonyl (C=O) groups excluding carboxylic acids is 1. The van der Waals surface area contributed by atoms with Gasteiger partial charge in [0.15, 0.2) is 6.23 Å². The molecule has 1 aromatic rings. The molecule has 1 aliphatic rings. The molecular weight excluding hydrogens is 434 g/mol. The number of aliphatic hydroxyl groups excluding tert-OH is 2. The molecule has 15 nitrogen and oxygen atoms in total. The maximum Gasteiger partial charge on any atom is 0.351 e. The number of aliphatic carboxylic acids is 2. The van der Waals surface area contributed by atoms with Gasteiger partial charge in [-0.15, -0.1) is 0 Å². The smallest absolute Gasteiger partial charge is 0.351 e. The first-order valence-electron chi connectivity index (χ1n) is 9.45. The Morgan fingerprint density at radius 2 is 1.91 bits per heavy atom. The van der Waals surface area contributed by atoms with Gasteiger partial charge in [-0.25, -0.2) is 4.79 Å². The normalized spacial score (nSPS) is 24.5. The number of carbonyl (C=O) groups is 3. The molecule has 1 aliphatic heterocycles. The Morgan fingerprint density at radius 3 is 2.50 bits per heavy atom. The largest absolute Gasteiger partial charge is 0.481 e. The van der Waals surface area contributed by atoms with Crippen LogP contribution >= 0.6 is 0 Å². The molecule has 0 bridgehead atoms. The lowest BCUT2D eigenvalue weighted by Gasteiger charge is -2.18. The summed E-state index contributed by atoms with van der Waals surface area (Å²) in [6.07, 6.45) is -5.24. The summed E-state index contributed by atoms with van der Waals surface area (Å²) in [6.45, 7) is -0.466. The standard InChI is InChI=1S/C17H25N5O10/c18-7(3-11(23)24)5-20-10-1-2-22(17(30)21-10)15-14(27)13(26)9(32-15)6-31-12(25)4-8(19)16(28)29/h1-2,7-9,13-15,26-27H,3-6,18-19H2,(H,23,24)(H,28,29)(H,20,21,30)/t7-,8-,9+,13+,14-,15+/m0/s1. The Morgan fingerprint density at radius 1 is 1.22 bits per heavy atom. The van der Waals surface area contributed by atoms with Crippen molar-refractivity contribution < 1.29 is 44.3 Å². The van der Waals surface area contributed by atoms with Crippen LogP contribution in [0.2, 0.25) is 0 Å². The Balaban J connectivity index is 1.97. The second-order valence-corrected chi connectivity index (χ2v) is 7.12. The first-order valence-corrected chi connectivity index (χ1v) is 9.45. The van der Waals surface area contributed by atoms with Crippen LogP contribution < -0.4 is 22.5 Å². The monoisotopic (exact) mass is 459 g/mol. The molecule has 178 valence electrons. The number of rotatable bonds is 11. The molecule has 0 saturated carbocycles. The zero-order valence-electron chi connectivity index (χ0n) is 16.7. The van der Waals surface area contributed by atoms with Crippen LogP contribution in [0.15, 0.2) is 17.1 Å². The number of aromatic nitrogens is 2. The van der Waals surface area contributed by atoms with E-state index in [1.807, 2.05) is 0 Å². The molecule has 0 spiro atoms. The predicted octanol–water partition coefficient (Wildman–Crippen LogP) is -3.58. The highest BCUT2D eigenvalue weighted by molar-refractivity contribution is 5.81. The van der Waals surface area contributed by atoms with Crippen molar-refractivity contribution in [3.63, 3.8) is 0 Å². The molecule has 0 aliphatic carbocycles. The highest BCUT2D eigenvalue weighted by atomic mass is 16.6. The number of hydrogen-bond donors (Lipinski definition) is 7. The first-order chi connectivity index (χ1) is 15.0. The molecular formula is C17H25N5O10. The third-order valence-electron chi connectivity index (χ3n) is 4.54. The SMILES string of the molecule is N[C@H](CNc1ccn([C@@H]2O[C@H](COC(=O)C[C@H](N)C(=O)O)[C@@H](O)[C@@H]2O)c(=O)n1)CC(=O)O. The summed E-state index contributed by atoms with van der Waals surface area (Å²) in [5.74, 6) is -3.29. The quantitative estimate of drug-likeness (QED) is 0.158. The summed E-state index contributed by atoms with van der Waals surface area (Å²) in [5.41, 5.74) is 10.0. The van der Waals surface area contributed by atoms with Gasteiger partial charge in [0.2, 0.25) is 0 Å². The minimum atomic E-state index is -1.55. The second kappa shape index (κ2) is 11.0. The van der Waals surface area contributed by atoms with Crippen molar-refractivity contribution in [2.24, 2.45) is 11.5 Å². The van der Waals surface area contributed by atoms with Gasteiger partial charge < -0.3 is 46.7 Å². The van der Waals surface area contributed by atoms with E-state index in [0.717, 1.165) is 4.57 Å². The van der Waals surface area contributed by atoms with Crippen LogP contribution in [0.4, 0.5) is 5.82 Å². The van der Waals surface area contributed by atoms with Gasteiger partial charge in [-0.3, -0.25) is 19.0 Å². The molecule has 0 unspecified atom stereocenters. The van der Waals surface area contributed by atoms with Gasteiger partial charge in [-0.1, -0.05) is 0 Å². The van der Waals surface area contributed by atoms with Gasteiger partial charge in [0.1, 0.15) is 36.8 Å². The number of hydrogen-bond acceptors (Lipinski definition) is 12.